The van der Waals surface area contributed by atoms with Gasteiger partial charge in [-0.25, -0.2) is 4.98 Å². The molecule has 1 heterocycles. The number of carbonyl (C=O) groups excluding carboxylic acids is 9. The summed E-state index contributed by atoms with van der Waals surface area (Å²) in [4.78, 5) is 126. The zero-order valence-electron chi connectivity index (χ0n) is 56.6. The molecule has 0 radical (unpaired) electrons. The highest BCUT2D eigenvalue weighted by molar-refractivity contribution is 5.93. The maximum Gasteiger partial charge on any atom is 0.303 e. The first-order valence-corrected chi connectivity index (χ1v) is 32.6. The number of nitrogens with one attached hydrogen (secondary N) is 9. The lowest BCUT2D eigenvalue weighted by molar-refractivity contribution is -0.137. The number of aromatic amines is 1. The van der Waals surface area contributed by atoms with Crippen LogP contribution in [0.3, 0.4) is 0 Å². The van der Waals surface area contributed by atoms with Gasteiger partial charge in [0.1, 0.15) is 19.8 Å². The van der Waals surface area contributed by atoms with Crippen LogP contribution in [0.15, 0.2) is 12.5 Å². The zero-order chi connectivity index (χ0) is 68.9. The van der Waals surface area contributed by atoms with E-state index in [9.17, 15) is 47.9 Å². The summed E-state index contributed by atoms with van der Waals surface area (Å²) in [6.45, 7) is 17.3. The summed E-state index contributed by atoms with van der Waals surface area (Å²) < 4.78 is 32.3. The highest BCUT2D eigenvalue weighted by Gasteiger charge is 2.32. The minimum Gasteiger partial charge on any atom is -0.481 e. The summed E-state index contributed by atoms with van der Waals surface area (Å²) in [6, 6.07) is -1.43. The number of amides is 6. The van der Waals surface area contributed by atoms with Crippen LogP contribution < -0.4 is 54.0 Å². The summed E-state index contributed by atoms with van der Waals surface area (Å²) in [5, 5.41) is 31.3. The highest BCUT2D eigenvalue weighted by Crippen LogP contribution is 2.14. The number of hydrogen-bond acceptors (Lipinski definition) is 21. The second-order valence-corrected chi connectivity index (χ2v) is 23.9. The molecule has 1 aromatic heterocycles. The molecule has 0 unspecified atom stereocenters. The lowest BCUT2D eigenvalue weighted by Crippen LogP contribution is -2.57. The Bertz CT molecular complexity index is 2220. The van der Waals surface area contributed by atoms with Crippen molar-refractivity contribution in [1.82, 2.24) is 52.5 Å². The van der Waals surface area contributed by atoms with Crippen LogP contribution in [0.4, 0.5) is 0 Å². The lowest BCUT2D eigenvalue weighted by atomic mass is 9.95. The van der Waals surface area contributed by atoms with Crippen molar-refractivity contribution < 1.29 is 81.5 Å². The lowest BCUT2D eigenvalue weighted by Gasteiger charge is -2.29. The first-order chi connectivity index (χ1) is 43.7. The van der Waals surface area contributed by atoms with Crippen molar-refractivity contribution in [3.63, 3.8) is 0 Å². The fourth-order valence-corrected chi connectivity index (χ4v) is 8.37. The van der Waals surface area contributed by atoms with E-state index >= 15 is 0 Å². The highest BCUT2D eigenvalue weighted by atomic mass is 16.5. The molecule has 2 atom stereocenters. The van der Waals surface area contributed by atoms with E-state index in [1.54, 1.807) is 47.7 Å². The van der Waals surface area contributed by atoms with Crippen LogP contribution >= 0.6 is 0 Å². The number of H-pyrrole nitrogens is 1. The normalized spacial score (nSPS) is 12.2. The molecule has 0 saturated carbocycles. The molecule has 29 heteroatoms. The summed E-state index contributed by atoms with van der Waals surface area (Å²) in [5.74, 6) is -2.94. The van der Waals surface area contributed by atoms with Gasteiger partial charge in [0, 0.05) is 57.3 Å². The van der Waals surface area contributed by atoms with E-state index in [-0.39, 0.29) is 146 Å². The van der Waals surface area contributed by atoms with E-state index in [4.69, 9.17) is 45.0 Å². The van der Waals surface area contributed by atoms with Crippen molar-refractivity contribution in [2.45, 2.75) is 200 Å². The zero-order valence-corrected chi connectivity index (χ0v) is 56.6. The second-order valence-electron chi connectivity index (χ2n) is 23.9. The number of ether oxygens (including phenoxy) is 6. The minimum absolute atomic E-state index is 0.00764. The van der Waals surface area contributed by atoms with Crippen molar-refractivity contribution >= 4 is 58.8 Å². The summed E-state index contributed by atoms with van der Waals surface area (Å²) >= 11 is 0. The summed E-state index contributed by atoms with van der Waals surface area (Å²) in [6.07, 6.45) is 19.0. The van der Waals surface area contributed by atoms with Gasteiger partial charge < -0.3 is 81.9 Å². The Kier molecular flexibility index (Phi) is 50.1. The molecular weight excluding hydrogens is 1200 g/mol. The van der Waals surface area contributed by atoms with Gasteiger partial charge in [-0.2, -0.15) is 0 Å². The number of primary amides is 1. The average Bonchev–Trinajstić information content (AvgIpc) is 1.20. The Hall–Kier alpha value is -5.89. The minimum atomic E-state index is -1.01. The molecule has 0 fully saturated rings. The molecule has 1 rings (SSSR count). The summed E-state index contributed by atoms with van der Waals surface area (Å²) in [5.41, 5.74) is 9.46. The molecule has 0 aromatic carbocycles. The predicted octanol–water partition coefficient (Wildman–Crippen LogP) is 1.37. The van der Waals surface area contributed by atoms with Crippen LogP contribution in [-0.2, 0) is 82.8 Å². The Morgan fingerprint density at radius 3 is 1.39 bits per heavy atom. The Morgan fingerprint density at radius 1 is 0.533 bits per heavy atom. The number of imidazole rings is 1. The molecule has 530 valence electrons. The van der Waals surface area contributed by atoms with Crippen molar-refractivity contribution in [3.8, 4) is 0 Å². The van der Waals surface area contributed by atoms with Crippen LogP contribution in [0.2, 0.25) is 0 Å². The summed E-state index contributed by atoms with van der Waals surface area (Å²) in [7, 11) is 0. The molecule has 0 bridgehead atoms. The third-order valence-electron chi connectivity index (χ3n) is 14.5. The molecule has 0 aliphatic heterocycles. The third-order valence-corrected chi connectivity index (χ3v) is 14.5. The number of aromatic nitrogens is 2. The van der Waals surface area contributed by atoms with Gasteiger partial charge in [0.2, 0.25) is 35.4 Å². The smallest absolute Gasteiger partial charge is 0.303 e. The predicted molar refractivity (Wildman–Crippen MR) is 347 cm³/mol. The van der Waals surface area contributed by atoms with Gasteiger partial charge in [0.15, 0.2) is 17.3 Å². The number of hydrogen-bond donors (Lipinski definition) is 12. The van der Waals surface area contributed by atoms with Gasteiger partial charge in [-0.15, -0.1) is 0 Å². The van der Waals surface area contributed by atoms with Gasteiger partial charge in [-0.1, -0.05) is 71.1 Å². The number of ketones is 3. The molecule has 6 amide bonds. The number of nitrogens with two attached hydrogens (primary N) is 2. The van der Waals surface area contributed by atoms with E-state index in [0.717, 1.165) is 44.2 Å². The van der Waals surface area contributed by atoms with Crippen LogP contribution in [0.5, 0.6) is 0 Å². The molecule has 29 nitrogen and oxygen atoms in total. The standard InChI is InChI=1S/C52H98N8O15.C11H18N4O2/c1-6-59-51(2,3)44(62)38-60-52(4,5)43(61)37-58-42(50(53)69)21-19-20-24-54-46(64)39-73-34-32-71-29-26-56-48(66)41-75-36-33-72-30-27-57-47(65)40-74-35-31-70-28-25-55-45(63)22-17-15-13-11-9-7-8-10-12-14-16-18-23-49(67)68;1-7(16)11(2,3)15-10(17)9(12)4-8-5-13-6-14-8/h42,58-60H,6-41H2,1-5H3,(H2,53,69)(H,54,64)(H,55,63)(H,56,66)(H,57,65)(H,67,68);5-6,9H,4,12H2,1-3H3,(H,13,14)(H,15,17)/t42-;9-/m00/s1. The molecule has 0 spiro atoms. The number of nitrogens with zero attached hydrogens (tertiary/aromatic N) is 1. The molecule has 0 aliphatic rings. The van der Waals surface area contributed by atoms with Gasteiger partial charge in [-0.3, -0.25) is 58.6 Å². The SMILES string of the molecule is CC(=O)C(C)(C)NC(=O)[C@@H](N)Cc1cnc[nH]1.CCNC(C)(C)C(=O)CNC(C)(C)C(=O)CN[C@@H](CCCCNC(=O)COCCOCCNC(=O)COCCOCCNC(=O)COCCOCCNC(=O)CCCCCCCCCCCCCCC(=O)O)C(N)=O. The maximum atomic E-state index is 12.9. The van der Waals surface area contributed by atoms with Crippen molar-refractivity contribution in [2.75, 3.05) is 125 Å². The molecule has 0 saturated heterocycles. The average molecular weight is 1310 g/mol. The van der Waals surface area contributed by atoms with Crippen LogP contribution in [0.25, 0.3) is 0 Å². The van der Waals surface area contributed by atoms with Gasteiger partial charge in [-0.05, 0) is 87.1 Å². The van der Waals surface area contributed by atoms with Gasteiger partial charge >= 0.3 is 5.97 Å². The number of rotatable bonds is 60. The molecule has 14 N–H and O–H groups in total. The number of unbranched alkanes of at least 4 members (excludes halogenated alkanes) is 12. The van der Waals surface area contributed by atoms with Crippen LogP contribution in [0.1, 0.15) is 170 Å². The van der Waals surface area contributed by atoms with E-state index in [1.807, 2.05) is 6.92 Å². The first kappa shape index (κ1) is 86.1. The van der Waals surface area contributed by atoms with Crippen molar-refractivity contribution in [1.29, 1.82) is 0 Å². The van der Waals surface area contributed by atoms with Crippen molar-refractivity contribution in [3.05, 3.63) is 18.2 Å². The monoisotopic (exact) mass is 1310 g/mol. The number of carboxylic acid groups (broad SMARTS) is 1. The Morgan fingerprint density at radius 2 is 0.957 bits per heavy atom. The number of likely N-dealkylation sites (N-methyl/N-ethyl adjacent to an activating group) is 1. The Labute approximate surface area is 545 Å². The maximum absolute atomic E-state index is 12.9. The van der Waals surface area contributed by atoms with E-state index < -0.39 is 40.6 Å². The third kappa shape index (κ3) is 48.8. The fourth-order valence-electron chi connectivity index (χ4n) is 8.37. The number of aliphatic carboxylic acids is 1. The fraction of sp³-hybridized carbons (Fsp3) is 0.794. The Balaban J connectivity index is 0.00000417. The van der Waals surface area contributed by atoms with E-state index in [1.165, 1.54) is 51.8 Å². The second kappa shape index (κ2) is 53.5. The first-order valence-electron chi connectivity index (χ1n) is 32.6. The molecular formula is C63H116N12O17. The number of carboxylic acids is 1. The number of Topliss-reactive ketones (excluding diaryl/α,β-unsaturated/α-hetero) is 3. The van der Waals surface area contributed by atoms with Gasteiger partial charge in [0.25, 0.3) is 0 Å². The number of carbonyl (C=O) groups is 10. The largest absolute Gasteiger partial charge is 0.481 e. The van der Waals surface area contributed by atoms with E-state index in [2.05, 4.69) is 52.5 Å². The van der Waals surface area contributed by atoms with E-state index in [0.29, 0.717) is 65.0 Å². The van der Waals surface area contributed by atoms with Gasteiger partial charge in [0.05, 0.1) is 108 Å². The van der Waals surface area contributed by atoms with Crippen molar-refractivity contribution in [2.24, 2.45) is 11.5 Å². The molecule has 92 heavy (non-hydrogen) atoms. The quantitative estimate of drug-likeness (QED) is 0.0410. The van der Waals surface area contributed by atoms with Crippen LogP contribution in [0, 0.1) is 0 Å². The van der Waals surface area contributed by atoms with Crippen LogP contribution in [-0.4, -0.2) is 228 Å². The molecule has 1 aromatic rings. The topological polar surface area (TPSA) is 423 Å². The molecule has 0 aliphatic carbocycles.